The van der Waals surface area contributed by atoms with Crippen LogP contribution in [0.2, 0.25) is 5.02 Å². The Hall–Kier alpha value is -2.01. The van der Waals surface area contributed by atoms with Gasteiger partial charge in [-0.15, -0.1) is 0 Å². The molecule has 0 amide bonds. The maximum atomic E-state index is 12.6. The molecule has 0 bridgehead atoms. The lowest BCUT2D eigenvalue weighted by Crippen LogP contribution is -2.08. The maximum Gasteiger partial charge on any atom is 0.416 e. The lowest BCUT2D eigenvalue weighted by molar-refractivity contribution is -0.137. The standard InChI is InChI=1S/C14H8ClF3O2/c15-12-4-2-1-3-10(12)9-6-5-8(14(16,17)18)7-11(9)13(19)20/h1-7H,(H,19,20). The molecular formula is C14H8ClF3O2. The Kier molecular flexibility index (Phi) is 3.72. The van der Waals surface area contributed by atoms with E-state index in [4.69, 9.17) is 16.7 Å². The van der Waals surface area contributed by atoms with Crippen LogP contribution in [0.4, 0.5) is 13.2 Å². The minimum Gasteiger partial charge on any atom is -0.478 e. The number of carboxylic acid groups (broad SMARTS) is 1. The van der Waals surface area contributed by atoms with E-state index in [0.717, 1.165) is 12.1 Å². The molecule has 0 atom stereocenters. The molecule has 0 saturated carbocycles. The van der Waals surface area contributed by atoms with Gasteiger partial charge in [0.2, 0.25) is 0 Å². The van der Waals surface area contributed by atoms with Crippen LogP contribution >= 0.6 is 11.6 Å². The lowest BCUT2D eigenvalue weighted by Gasteiger charge is -2.12. The molecule has 0 unspecified atom stereocenters. The molecule has 0 radical (unpaired) electrons. The SMILES string of the molecule is O=C(O)c1cc(C(F)(F)F)ccc1-c1ccccc1Cl. The van der Waals surface area contributed by atoms with E-state index in [0.29, 0.717) is 11.6 Å². The van der Waals surface area contributed by atoms with Gasteiger partial charge in [-0.05, 0) is 23.8 Å². The van der Waals surface area contributed by atoms with Gasteiger partial charge in [0.05, 0.1) is 11.1 Å². The molecule has 20 heavy (non-hydrogen) atoms. The summed E-state index contributed by atoms with van der Waals surface area (Å²) in [6, 6.07) is 8.94. The fourth-order valence-corrected chi connectivity index (χ4v) is 2.05. The summed E-state index contributed by atoms with van der Waals surface area (Å²) in [4.78, 5) is 11.2. The number of benzene rings is 2. The smallest absolute Gasteiger partial charge is 0.416 e. The molecule has 2 aromatic carbocycles. The molecule has 0 aliphatic rings. The van der Waals surface area contributed by atoms with E-state index >= 15 is 0 Å². The molecule has 0 aromatic heterocycles. The summed E-state index contributed by atoms with van der Waals surface area (Å²) in [6.45, 7) is 0. The van der Waals surface area contributed by atoms with Crippen molar-refractivity contribution in [1.82, 2.24) is 0 Å². The lowest BCUT2D eigenvalue weighted by atomic mass is 9.97. The average Bonchev–Trinajstić information content (AvgIpc) is 2.37. The highest BCUT2D eigenvalue weighted by atomic mass is 35.5. The average molecular weight is 301 g/mol. The van der Waals surface area contributed by atoms with Crippen molar-refractivity contribution in [2.24, 2.45) is 0 Å². The third kappa shape index (κ3) is 2.77. The number of halogens is 4. The summed E-state index contributed by atoms with van der Waals surface area (Å²) in [5.74, 6) is -1.44. The zero-order valence-corrected chi connectivity index (χ0v) is 10.7. The van der Waals surface area contributed by atoms with Gasteiger partial charge in [-0.3, -0.25) is 0 Å². The van der Waals surface area contributed by atoms with Crippen molar-refractivity contribution in [3.05, 3.63) is 58.6 Å². The fourth-order valence-electron chi connectivity index (χ4n) is 1.81. The Bertz CT molecular complexity index is 666. The zero-order chi connectivity index (χ0) is 14.9. The number of carboxylic acids is 1. The number of alkyl halides is 3. The van der Waals surface area contributed by atoms with E-state index in [9.17, 15) is 18.0 Å². The van der Waals surface area contributed by atoms with Crippen LogP contribution in [0.15, 0.2) is 42.5 Å². The molecule has 104 valence electrons. The van der Waals surface area contributed by atoms with Gasteiger partial charge < -0.3 is 5.11 Å². The molecule has 0 heterocycles. The summed E-state index contributed by atoms with van der Waals surface area (Å²) < 4.78 is 37.9. The van der Waals surface area contributed by atoms with Gasteiger partial charge in [-0.2, -0.15) is 13.2 Å². The number of aromatic carboxylic acids is 1. The highest BCUT2D eigenvalue weighted by Gasteiger charge is 2.32. The van der Waals surface area contributed by atoms with Crippen LogP contribution in [0.1, 0.15) is 15.9 Å². The summed E-state index contributed by atoms with van der Waals surface area (Å²) >= 11 is 5.95. The molecule has 2 nitrogen and oxygen atoms in total. The third-order valence-electron chi connectivity index (χ3n) is 2.74. The summed E-state index contributed by atoms with van der Waals surface area (Å²) in [7, 11) is 0. The quantitative estimate of drug-likeness (QED) is 0.871. The molecule has 0 saturated heterocycles. The highest BCUT2D eigenvalue weighted by molar-refractivity contribution is 6.33. The van der Waals surface area contributed by atoms with E-state index in [-0.39, 0.29) is 10.6 Å². The van der Waals surface area contributed by atoms with Crippen LogP contribution in [-0.4, -0.2) is 11.1 Å². The molecular weight excluding hydrogens is 293 g/mol. The zero-order valence-electron chi connectivity index (χ0n) is 9.91. The fraction of sp³-hybridized carbons (Fsp3) is 0.0714. The maximum absolute atomic E-state index is 12.6. The molecule has 0 spiro atoms. The predicted octanol–water partition coefficient (Wildman–Crippen LogP) is 4.72. The van der Waals surface area contributed by atoms with Gasteiger partial charge in [-0.1, -0.05) is 35.9 Å². The van der Waals surface area contributed by atoms with Crippen molar-refractivity contribution in [2.45, 2.75) is 6.18 Å². The third-order valence-corrected chi connectivity index (χ3v) is 3.07. The van der Waals surface area contributed by atoms with Crippen LogP contribution in [0.5, 0.6) is 0 Å². The van der Waals surface area contributed by atoms with Crippen LogP contribution in [0.25, 0.3) is 11.1 Å². The second-order valence-electron chi connectivity index (χ2n) is 4.04. The van der Waals surface area contributed by atoms with Crippen LogP contribution in [0.3, 0.4) is 0 Å². The van der Waals surface area contributed by atoms with Crippen molar-refractivity contribution in [3.63, 3.8) is 0 Å². The Morgan fingerprint density at radius 3 is 2.25 bits per heavy atom. The van der Waals surface area contributed by atoms with Gasteiger partial charge in [0, 0.05) is 10.6 Å². The number of hydrogen-bond donors (Lipinski definition) is 1. The highest BCUT2D eigenvalue weighted by Crippen LogP contribution is 2.35. The second kappa shape index (κ2) is 5.17. The molecule has 0 fully saturated rings. The Morgan fingerprint density at radius 1 is 1.05 bits per heavy atom. The molecule has 2 rings (SSSR count). The van der Waals surface area contributed by atoms with E-state index in [1.54, 1.807) is 24.3 Å². The van der Waals surface area contributed by atoms with E-state index in [2.05, 4.69) is 0 Å². The van der Waals surface area contributed by atoms with Crippen LogP contribution in [0, 0.1) is 0 Å². The Morgan fingerprint density at radius 2 is 1.70 bits per heavy atom. The largest absolute Gasteiger partial charge is 0.478 e. The summed E-state index contributed by atoms with van der Waals surface area (Å²) in [5.41, 5.74) is -0.921. The molecule has 2 aromatic rings. The van der Waals surface area contributed by atoms with Crippen molar-refractivity contribution in [2.75, 3.05) is 0 Å². The second-order valence-corrected chi connectivity index (χ2v) is 4.45. The van der Waals surface area contributed by atoms with Gasteiger partial charge in [-0.25, -0.2) is 4.79 Å². The van der Waals surface area contributed by atoms with Crippen molar-refractivity contribution < 1.29 is 23.1 Å². The molecule has 1 N–H and O–H groups in total. The normalized spacial score (nSPS) is 11.4. The van der Waals surface area contributed by atoms with E-state index in [1.165, 1.54) is 0 Å². The van der Waals surface area contributed by atoms with Gasteiger partial charge in [0.25, 0.3) is 0 Å². The summed E-state index contributed by atoms with van der Waals surface area (Å²) in [6.07, 6.45) is -4.59. The first-order valence-electron chi connectivity index (χ1n) is 5.50. The number of carbonyl (C=O) groups is 1. The van der Waals surface area contributed by atoms with Gasteiger partial charge in [0.1, 0.15) is 0 Å². The minimum absolute atomic E-state index is 0.149. The van der Waals surface area contributed by atoms with Crippen LogP contribution in [-0.2, 0) is 6.18 Å². The number of hydrogen-bond acceptors (Lipinski definition) is 1. The van der Waals surface area contributed by atoms with Crippen LogP contribution < -0.4 is 0 Å². The first-order chi connectivity index (χ1) is 9.30. The topological polar surface area (TPSA) is 37.3 Å². The first kappa shape index (κ1) is 14.4. The van der Waals surface area contributed by atoms with Crippen molar-refractivity contribution >= 4 is 17.6 Å². The predicted molar refractivity (Wildman–Crippen MR) is 68.8 cm³/mol. The first-order valence-corrected chi connectivity index (χ1v) is 5.88. The summed E-state index contributed by atoms with van der Waals surface area (Å²) in [5, 5.41) is 9.37. The van der Waals surface area contributed by atoms with Crippen molar-refractivity contribution in [3.8, 4) is 11.1 Å². The molecule has 0 aliphatic heterocycles. The molecule has 6 heteroatoms. The van der Waals surface area contributed by atoms with E-state index in [1.807, 2.05) is 0 Å². The van der Waals surface area contributed by atoms with Gasteiger partial charge >= 0.3 is 12.1 Å². The monoisotopic (exact) mass is 300 g/mol. The minimum atomic E-state index is -4.59. The van der Waals surface area contributed by atoms with E-state index < -0.39 is 23.3 Å². The van der Waals surface area contributed by atoms with Gasteiger partial charge in [0.15, 0.2) is 0 Å². The Labute approximate surface area is 117 Å². The van der Waals surface area contributed by atoms with Crippen molar-refractivity contribution in [1.29, 1.82) is 0 Å². The number of rotatable bonds is 2. The Balaban J connectivity index is 2.66. The molecule has 0 aliphatic carbocycles.